The van der Waals surface area contributed by atoms with Crippen LogP contribution in [0.5, 0.6) is 0 Å². The van der Waals surface area contributed by atoms with Crippen molar-refractivity contribution in [2.75, 3.05) is 6.54 Å². The maximum atomic E-state index is 2.42. The van der Waals surface area contributed by atoms with E-state index in [1.165, 1.54) is 28.7 Å². The van der Waals surface area contributed by atoms with Gasteiger partial charge in [0.05, 0.1) is 0 Å². The summed E-state index contributed by atoms with van der Waals surface area (Å²) < 4.78 is 2.42. The second-order valence-corrected chi connectivity index (χ2v) is 4.84. The highest BCUT2D eigenvalue weighted by molar-refractivity contribution is 5.89. The van der Waals surface area contributed by atoms with Gasteiger partial charge in [0, 0.05) is 17.5 Å². The van der Waals surface area contributed by atoms with Crippen molar-refractivity contribution in [3.63, 3.8) is 0 Å². The maximum Gasteiger partial charge on any atom is 0.171 e. The summed E-state index contributed by atoms with van der Waals surface area (Å²) in [7, 11) is 0. The zero-order chi connectivity index (χ0) is 12.4. The molecule has 2 aromatic rings. The van der Waals surface area contributed by atoms with Crippen LogP contribution in [-0.2, 0) is 6.54 Å². The Balaban J connectivity index is 2.20. The first-order valence-corrected chi connectivity index (χ1v) is 6.64. The first-order valence-electron chi connectivity index (χ1n) is 6.64. The molecule has 1 heterocycles. The average molecular weight is 236 g/mol. The third-order valence-electron chi connectivity index (χ3n) is 3.47. The molecule has 0 aromatic heterocycles. The molecule has 0 N–H and O–H groups in total. The number of hydrogen-bond donors (Lipinski definition) is 0. The van der Waals surface area contributed by atoms with E-state index in [-0.39, 0.29) is 0 Å². The third-order valence-corrected chi connectivity index (χ3v) is 3.47. The van der Waals surface area contributed by atoms with E-state index in [1.54, 1.807) is 0 Å². The van der Waals surface area contributed by atoms with Crippen molar-refractivity contribution >= 4 is 6.21 Å². The normalized spacial score (nSPS) is 13.3. The molecule has 3 rings (SSSR count). The molecule has 0 atom stereocenters. The van der Waals surface area contributed by atoms with Gasteiger partial charge in [-0.2, -0.15) is 0 Å². The van der Waals surface area contributed by atoms with Crippen molar-refractivity contribution in [2.24, 2.45) is 0 Å². The molecular formula is C17H18N+. The van der Waals surface area contributed by atoms with Crippen molar-refractivity contribution in [1.82, 2.24) is 0 Å². The lowest BCUT2D eigenvalue weighted by molar-refractivity contribution is -0.538. The largest absolute Gasteiger partial charge is 0.231 e. The average Bonchev–Trinajstić information content (AvgIpc) is 2.55. The second kappa shape index (κ2) is 4.77. The van der Waals surface area contributed by atoms with Crippen LogP contribution in [0.4, 0.5) is 0 Å². The molecule has 0 unspecified atom stereocenters. The smallest absolute Gasteiger partial charge is 0.171 e. The Morgan fingerprint density at radius 2 is 1.67 bits per heavy atom. The standard InChI is InChI=1S/C17H18N/c1-2-11-18-12-14-7-3-5-9-16(14)17-10-6-4-8-15(17)13-18/h3-10,12H,2,11,13H2,1H3/q+1. The maximum absolute atomic E-state index is 2.42. The summed E-state index contributed by atoms with van der Waals surface area (Å²) in [5.41, 5.74) is 5.48. The molecule has 1 heteroatoms. The third kappa shape index (κ3) is 1.97. The summed E-state index contributed by atoms with van der Waals surface area (Å²) in [6.07, 6.45) is 3.49. The number of nitrogens with zero attached hydrogens (tertiary/aromatic N) is 1. The van der Waals surface area contributed by atoms with Crippen molar-refractivity contribution in [3.05, 3.63) is 59.7 Å². The van der Waals surface area contributed by atoms with Crippen LogP contribution >= 0.6 is 0 Å². The Hall–Kier alpha value is -1.89. The second-order valence-electron chi connectivity index (χ2n) is 4.84. The minimum atomic E-state index is 1.01. The Kier molecular flexibility index (Phi) is 2.97. The Bertz CT molecular complexity index is 596. The molecule has 0 fully saturated rings. The van der Waals surface area contributed by atoms with Gasteiger partial charge in [0.25, 0.3) is 0 Å². The lowest BCUT2D eigenvalue weighted by atomic mass is 9.97. The molecule has 1 aliphatic heterocycles. The summed E-state index contributed by atoms with van der Waals surface area (Å²) in [6.45, 7) is 4.36. The quantitative estimate of drug-likeness (QED) is 0.699. The number of benzene rings is 2. The Labute approximate surface area is 108 Å². The van der Waals surface area contributed by atoms with Gasteiger partial charge in [0.2, 0.25) is 0 Å². The van der Waals surface area contributed by atoms with Gasteiger partial charge in [0.1, 0.15) is 6.54 Å². The van der Waals surface area contributed by atoms with Crippen LogP contribution in [0, 0.1) is 0 Å². The first kappa shape index (κ1) is 11.2. The van der Waals surface area contributed by atoms with Crippen LogP contribution in [0.2, 0.25) is 0 Å². The number of hydrogen-bond acceptors (Lipinski definition) is 0. The van der Waals surface area contributed by atoms with Crippen LogP contribution in [-0.4, -0.2) is 17.3 Å². The van der Waals surface area contributed by atoms with Gasteiger partial charge < -0.3 is 0 Å². The van der Waals surface area contributed by atoms with E-state index in [0.717, 1.165) is 13.1 Å². The van der Waals surface area contributed by atoms with E-state index in [4.69, 9.17) is 0 Å². The van der Waals surface area contributed by atoms with Gasteiger partial charge in [-0.1, -0.05) is 49.4 Å². The predicted molar refractivity (Wildman–Crippen MR) is 76.2 cm³/mol. The molecule has 2 aromatic carbocycles. The fraction of sp³-hybridized carbons (Fsp3) is 0.235. The lowest BCUT2D eigenvalue weighted by Gasteiger charge is -2.06. The summed E-state index contributed by atoms with van der Waals surface area (Å²) in [6, 6.07) is 17.4. The summed E-state index contributed by atoms with van der Waals surface area (Å²) in [5, 5.41) is 0. The predicted octanol–water partition coefficient (Wildman–Crippen LogP) is 3.71. The van der Waals surface area contributed by atoms with Crippen molar-refractivity contribution in [1.29, 1.82) is 0 Å². The number of rotatable bonds is 2. The molecule has 0 spiro atoms. The van der Waals surface area contributed by atoms with E-state index in [2.05, 4.69) is 66.2 Å². The van der Waals surface area contributed by atoms with Crippen LogP contribution in [0.3, 0.4) is 0 Å². The first-order chi connectivity index (χ1) is 8.88. The van der Waals surface area contributed by atoms with Gasteiger partial charge in [0.15, 0.2) is 12.8 Å². The molecule has 1 aliphatic rings. The van der Waals surface area contributed by atoms with E-state index in [9.17, 15) is 0 Å². The van der Waals surface area contributed by atoms with Gasteiger partial charge in [-0.25, -0.2) is 4.58 Å². The highest BCUT2D eigenvalue weighted by atomic mass is 15.0. The van der Waals surface area contributed by atoms with Gasteiger partial charge in [-0.15, -0.1) is 0 Å². The molecule has 0 saturated carbocycles. The molecule has 0 bridgehead atoms. The van der Waals surface area contributed by atoms with Crippen LogP contribution in [0.1, 0.15) is 24.5 Å². The van der Waals surface area contributed by atoms with Crippen LogP contribution in [0.25, 0.3) is 11.1 Å². The van der Waals surface area contributed by atoms with Gasteiger partial charge in [-0.3, -0.25) is 0 Å². The molecule has 0 radical (unpaired) electrons. The molecule has 90 valence electrons. The fourth-order valence-corrected chi connectivity index (χ4v) is 2.67. The van der Waals surface area contributed by atoms with E-state index in [1.807, 2.05) is 0 Å². The Morgan fingerprint density at radius 1 is 0.944 bits per heavy atom. The van der Waals surface area contributed by atoms with Gasteiger partial charge >= 0.3 is 0 Å². The molecule has 1 nitrogen and oxygen atoms in total. The minimum Gasteiger partial charge on any atom is -0.231 e. The molecule has 0 aliphatic carbocycles. The van der Waals surface area contributed by atoms with Crippen molar-refractivity contribution < 1.29 is 4.58 Å². The fourth-order valence-electron chi connectivity index (χ4n) is 2.67. The summed E-state index contributed by atoms with van der Waals surface area (Å²) >= 11 is 0. The van der Waals surface area contributed by atoms with Crippen molar-refractivity contribution in [2.45, 2.75) is 19.9 Å². The Morgan fingerprint density at radius 3 is 2.50 bits per heavy atom. The summed E-state index contributed by atoms with van der Waals surface area (Å²) in [4.78, 5) is 0. The summed E-state index contributed by atoms with van der Waals surface area (Å²) in [5.74, 6) is 0. The van der Waals surface area contributed by atoms with Crippen LogP contribution < -0.4 is 0 Å². The van der Waals surface area contributed by atoms with E-state index >= 15 is 0 Å². The molecule has 0 saturated heterocycles. The number of fused-ring (bicyclic) bond motifs is 3. The van der Waals surface area contributed by atoms with Crippen LogP contribution in [0.15, 0.2) is 48.5 Å². The van der Waals surface area contributed by atoms with E-state index < -0.39 is 0 Å². The monoisotopic (exact) mass is 236 g/mol. The zero-order valence-corrected chi connectivity index (χ0v) is 10.8. The highest BCUT2D eigenvalue weighted by Crippen LogP contribution is 2.28. The van der Waals surface area contributed by atoms with Crippen molar-refractivity contribution in [3.8, 4) is 11.1 Å². The van der Waals surface area contributed by atoms with Gasteiger partial charge in [-0.05, 0) is 17.2 Å². The SMILES string of the molecule is CCC[N+]1=Cc2ccccc2-c2ccccc2C1. The lowest BCUT2D eigenvalue weighted by Crippen LogP contribution is -2.13. The van der Waals surface area contributed by atoms with E-state index in [0.29, 0.717) is 0 Å². The molecular weight excluding hydrogens is 218 g/mol. The molecule has 18 heavy (non-hydrogen) atoms. The zero-order valence-electron chi connectivity index (χ0n) is 10.8. The highest BCUT2D eigenvalue weighted by Gasteiger charge is 2.17. The topological polar surface area (TPSA) is 3.01 Å². The minimum absolute atomic E-state index is 1.01. The molecule has 0 amide bonds.